The number of nitriles is 1. The number of halogens is 3. The van der Waals surface area contributed by atoms with Crippen LogP contribution in [0.5, 0.6) is 0 Å². The molecule has 0 radical (unpaired) electrons. The zero-order chi connectivity index (χ0) is 13.8. The first kappa shape index (κ1) is 13.3. The maximum atomic E-state index is 13.2. The molecule has 0 heterocycles. The quantitative estimate of drug-likeness (QED) is 0.917. The zero-order valence-corrected chi connectivity index (χ0v) is 10.5. The summed E-state index contributed by atoms with van der Waals surface area (Å²) in [6, 6.07) is 10.2. The molecule has 0 saturated heterocycles. The molecule has 1 N–H and O–H groups in total. The van der Waals surface area contributed by atoms with Gasteiger partial charge in [-0.1, -0.05) is 11.6 Å². The summed E-state index contributed by atoms with van der Waals surface area (Å²) >= 11 is 5.57. The lowest BCUT2D eigenvalue weighted by Gasteiger charge is -2.07. The van der Waals surface area contributed by atoms with E-state index in [1.54, 1.807) is 12.1 Å². The molecule has 2 aromatic carbocycles. The fourth-order valence-electron chi connectivity index (χ4n) is 1.63. The van der Waals surface area contributed by atoms with Gasteiger partial charge in [-0.2, -0.15) is 5.26 Å². The molecule has 0 bridgehead atoms. The summed E-state index contributed by atoms with van der Waals surface area (Å²) < 4.78 is 26.4. The Labute approximate surface area is 114 Å². The Balaban J connectivity index is 2.12. The Hall–Kier alpha value is -2.12. The number of hydrogen-bond acceptors (Lipinski definition) is 2. The van der Waals surface area contributed by atoms with Gasteiger partial charge in [-0.05, 0) is 42.0 Å². The van der Waals surface area contributed by atoms with Gasteiger partial charge < -0.3 is 5.32 Å². The summed E-state index contributed by atoms with van der Waals surface area (Å²) in [5.74, 6) is -0.998. The highest BCUT2D eigenvalue weighted by molar-refractivity contribution is 6.30. The van der Waals surface area contributed by atoms with Gasteiger partial charge in [-0.3, -0.25) is 0 Å². The van der Waals surface area contributed by atoms with Gasteiger partial charge in [0.1, 0.15) is 11.6 Å². The van der Waals surface area contributed by atoms with Crippen LogP contribution in [0.15, 0.2) is 36.4 Å². The van der Waals surface area contributed by atoms with E-state index < -0.39 is 11.6 Å². The van der Waals surface area contributed by atoms with Crippen LogP contribution in [0.4, 0.5) is 14.5 Å². The van der Waals surface area contributed by atoms with E-state index in [0.717, 1.165) is 6.07 Å². The maximum absolute atomic E-state index is 13.2. The molecule has 5 heteroatoms. The van der Waals surface area contributed by atoms with Crippen molar-refractivity contribution < 1.29 is 8.78 Å². The van der Waals surface area contributed by atoms with Crippen LogP contribution in [0.3, 0.4) is 0 Å². The van der Waals surface area contributed by atoms with Gasteiger partial charge in [0.05, 0.1) is 16.7 Å². The second-order valence-electron chi connectivity index (χ2n) is 3.94. The van der Waals surface area contributed by atoms with Gasteiger partial charge in [0.15, 0.2) is 0 Å². The Bertz CT molecular complexity index is 650. The number of nitrogens with zero attached hydrogens (tertiary/aromatic N) is 1. The van der Waals surface area contributed by atoms with Crippen LogP contribution in [-0.4, -0.2) is 0 Å². The van der Waals surface area contributed by atoms with Crippen molar-refractivity contribution in [3.63, 3.8) is 0 Å². The molecule has 0 aliphatic carbocycles. The lowest BCUT2D eigenvalue weighted by atomic mass is 10.1. The molecule has 0 aliphatic rings. The predicted octanol–water partition coefficient (Wildman–Crippen LogP) is 4.10. The average molecular weight is 279 g/mol. The second-order valence-corrected chi connectivity index (χ2v) is 4.35. The van der Waals surface area contributed by atoms with E-state index in [1.165, 1.54) is 18.2 Å². The van der Waals surface area contributed by atoms with Crippen molar-refractivity contribution >= 4 is 17.3 Å². The standard InChI is InChI=1S/C14H9ClF2N2/c15-13-2-1-12(6-14(13)17)19-8-10-3-9(7-18)4-11(16)5-10/h1-6,19H,8H2. The van der Waals surface area contributed by atoms with Crippen LogP contribution >= 0.6 is 11.6 Å². The summed E-state index contributed by atoms with van der Waals surface area (Å²) in [7, 11) is 0. The summed E-state index contributed by atoms with van der Waals surface area (Å²) in [6.07, 6.45) is 0. The Kier molecular flexibility index (Phi) is 3.98. The molecule has 19 heavy (non-hydrogen) atoms. The van der Waals surface area contributed by atoms with E-state index in [2.05, 4.69) is 5.32 Å². The first-order valence-electron chi connectivity index (χ1n) is 5.47. The predicted molar refractivity (Wildman–Crippen MR) is 69.9 cm³/mol. The molecule has 0 spiro atoms. The van der Waals surface area contributed by atoms with Crippen molar-refractivity contribution in [1.29, 1.82) is 5.26 Å². The van der Waals surface area contributed by atoms with Crippen LogP contribution in [0, 0.1) is 23.0 Å². The highest BCUT2D eigenvalue weighted by Crippen LogP contribution is 2.19. The summed E-state index contributed by atoms with van der Waals surface area (Å²) in [5.41, 5.74) is 1.38. The fraction of sp³-hybridized carbons (Fsp3) is 0.0714. The van der Waals surface area contributed by atoms with E-state index in [4.69, 9.17) is 16.9 Å². The van der Waals surface area contributed by atoms with Crippen molar-refractivity contribution in [2.75, 3.05) is 5.32 Å². The van der Waals surface area contributed by atoms with Crippen LogP contribution in [-0.2, 0) is 6.54 Å². The number of rotatable bonds is 3. The van der Waals surface area contributed by atoms with E-state index in [1.807, 2.05) is 6.07 Å². The molecule has 0 unspecified atom stereocenters. The topological polar surface area (TPSA) is 35.8 Å². The highest BCUT2D eigenvalue weighted by atomic mass is 35.5. The molecule has 96 valence electrons. The molecule has 2 aromatic rings. The molecule has 0 aliphatic heterocycles. The SMILES string of the molecule is N#Cc1cc(F)cc(CNc2ccc(Cl)c(F)c2)c1. The summed E-state index contributed by atoms with van der Waals surface area (Å²) in [4.78, 5) is 0. The maximum Gasteiger partial charge on any atom is 0.143 e. The molecule has 0 fully saturated rings. The highest BCUT2D eigenvalue weighted by Gasteiger charge is 2.03. The molecule has 2 rings (SSSR count). The normalized spacial score (nSPS) is 10.0. The number of anilines is 1. The van der Waals surface area contributed by atoms with E-state index in [-0.39, 0.29) is 17.1 Å². The molecule has 0 amide bonds. The van der Waals surface area contributed by atoms with E-state index in [9.17, 15) is 8.78 Å². The minimum absolute atomic E-state index is 0.0445. The molecule has 0 saturated carbocycles. The van der Waals surface area contributed by atoms with Crippen LogP contribution in [0.1, 0.15) is 11.1 Å². The smallest absolute Gasteiger partial charge is 0.143 e. The van der Waals surface area contributed by atoms with Crippen molar-refractivity contribution in [2.45, 2.75) is 6.54 Å². The average Bonchev–Trinajstić information content (AvgIpc) is 2.39. The van der Waals surface area contributed by atoms with Gasteiger partial charge in [0.2, 0.25) is 0 Å². The largest absolute Gasteiger partial charge is 0.381 e. The molecule has 2 nitrogen and oxygen atoms in total. The monoisotopic (exact) mass is 278 g/mol. The summed E-state index contributed by atoms with van der Waals surface area (Å²) in [5, 5.41) is 11.7. The van der Waals surface area contributed by atoms with Gasteiger partial charge in [0.25, 0.3) is 0 Å². The molecular formula is C14H9ClF2N2. The number of benzene rings is 2. The Morgan fingerprint density at radius 1 is 1.16 bits per heavy atom. The first-order chi connectivity index (χ1) is 9.08. The lowest BCUT2D eigenvalue weighted by molar-refractivity contribution is 0.625. The Morgan fingerprint density at radius 3 is 2.63 bits per heavy atom. The van der Waals surface area contributed by atoms with Gasteiger partial charge >= 0.3 is 0 Å². The number of hydrogen-bond donors (Lipinski definition) is 1. The first-order valence-corrected chi connectivity index (χ1v) is 5.85. The third-order valence-electron chi connectivity index (χ3n) is 2.50. The van der Waals surface area contributed by atoms with Crippen molar-refractivity contribution in [3.8, 4) is 6.07 Å². The third-order valence-corrected chi connectivity index (χ3v) is 2.81. The molecule has 0 aromatic heterocycles. The van der Waals surface area contributed by atoms with E-state index >= 15 is 0 Å². The summed E-state index contributed by atoms with van der Waals surface area (Å²) in [6.45, 7) is 0.285. The zero-order valence-electron chi connectivity index (χ0n) is 9.75. The second kappa shape index (κ2) is 5.68. The third kappa shape index (κ3) is 3.43. The lowest BCUT2D eigenvalue weighted by Crippen LogP contribution is -2.00. The minimum Gasteiger partial charge on any atom is -0.381 e. The van der Waals surface area contributed by atoms with Crippen LogP contribution in [0.2, 0.25) is 5.02 Å². The minimum atomic E-state index is -0.524. The fourth-order valence-corrected chi connectivity index (χ4v) is 1.74. The van der Waals surface area contributed by atoms with Gasteiger partial charge in [0, 0.05) is 12.2 Å². The van der Waals surface area contributed by atoms with Gasteiger partial charge in [-0.15, -0.1) is 0 Å². The number of nitrogens with one attached hydrogen (secondary N) is 1. The van der Waals surface area contributed by atoms with Crippen LogP contribution in [0.25, 0.3) is 0 Å². The Morgan fingerprint density at radius 2 is 1.95 bits per heavy atom. The van der Waals surface area contributed by atoms with Crippen LogP contribution < -0.4 is 5.32 Å². The van der Waals surface area contributed by atoms with E-state index in [0.29, 0.717) is 11.3 Å². The molecule has 0 atom stereocenters. The van der Waals surface area contributed by atoms with Crippen molar-refractivity contribution in [2.24, 2.45) is 0 Å². The van der Waals surface area contributed by atoms with Crippen molar-refractivity contribution in [3.05, 3.63) is 64.2 Å². The van der Waals surface area contributed by atoms with Crippen molar-refractivity contribution in [1.82, 2.24) is 0 Å². The molecular weight excluding hydrogens is 270 g/mol. The van der Waals surface area contributed by atoms with Gasteiger partial charge in [-0.25, -0.2) is 8.78 Å².